The van der Waals surface area contributed by atoms with E-state index in [1.165, 1.54) is 0 Å². The second-order valence-corrected chi connectivity index (χ2v) is 4.63. The molecule has 102 valence electrons. The maximum absolute atomic E-state index is 10.7. The Bertz CT molecular complexity index is 633. The van der Waals surface area contributed by atoms with Crippen molar-refractivity contribution in [3.63, 3.8) is 0 Å². The molecule has 0 saturated carbocycles. The van der Waals surface area contributed by atoms with Crippen LogP contribution in [0.4, 0.5) is 11.4 Å². The maximum atomic E-state index is 10.7. The van der Waals surface area contributed by atoms with Crippen LogP contribution in [0, 0.1) is 6.92 Å². The molecule has 2 aromatic carbocycles. The summed E-state index contributed by atoms with van der Waals surface area (Å²) >= 11 is 0. The van der Waals surface area contributed by atoms with Gasteiger partial charge in [0.05, 0.1) is 0 Å². The topological polar surface area (TPSA) is 40.5 Å². The van der Waals surface area contributed by atoms with E-state index in [9.17, 15) is 4.79 Å². The molecule has 0 aliphatic rings. The standard InChI is InChI=1S/C17H17NO2/c1-13-8-10-16(14(12-13)9-11-17(19)20)18(2)15-6-4-3-5-7-15/h3-12H,1-2H3,(H,19,20)/b11-9+. The molecule has 0 amide bonds. The summed E-state index contributed by atoms with van der Waals surface area (Å²) < 4.78 is 0. The van der Waals surface area contributed by atoms with Crippen LogP contribution >= 0.6 is 0 Å². The van der Waals surface area contributed by atoms with Gasteiger partial charge in [-0.1, -0.05) is 29.8 Å². The van der Waals surface area contributed by atoms with Crippen LogP contribution in [0.25, 0.3) is 6.08 Å². The Kier molecular flexibility index (Phi) is 4.20. The Morgan fingerprint density at radius 2 is 1.85 bits per heavy atom. The number of nitrogens with zero attached hydrogens (tertiary/aromatic N) is 1. The summed E-state index contributed by atoms with van der Waals surface area (Å²) in [5.41, 5.74) is 4.01. The molecule has 3 nitrogen and oxygen atoms in total. The first-order valence-electron chi connectivity index (χ1n) is 6.38. The summed E-state index contributed by atoms with van der Waals surface area (Å²) in [7, 11) is 1.97. The van der Waals surface area contributed by atoms with E-state index in [0.29, 0.717) is 0 Å². The van der Waals surface area contributed by atoms with Crippen LogP contribution in [0.2, 0.25) is 0 Å². The van der Waals surface area contributed by atoms with E-state index in [1.54, 1.807) is 6.08 Å². The molecular weight excluding hydrogens is 250 g/mol. The summed E-state index contributed by atoms with van der Waals surface area (Å²) in [4.78, 5) is 12.8. The minimum absolute atomic E-state index is 0.888. The first-order valence-corrected chi connectivity index (χ1v) is 6.38. The first-order chi connectivity index (χ1) is 9.58. The Morgan fingerprint density at radius 3 is 2.50 bits per heavy atom. The van der Waals surface area contributed by atoms with Gasteiger partial charge in [-0.15, -0.1) is 0 Å². The molecule has 0 aliphatic heterocycles. The van der Waals surface area contributed by atoms with Crippen LogP contribution in [-0.2, 0) is 4.79 Å². The quantitative estimate of drug-likeness (QED) is 0.855. The van der Waals surface area contributed by atoms with E-state index < -0.39 is 5.97 Å². The number of carboxylic acid groups (broad SMARTS) is 1. The molecule has 2 aromatic rings. The zero-order valence-corrected chi connectivity index (χ0v) is 11.6. The van der Waals surface area contributed by atoms with E-state index in [4.69, 9.17) is 5.11 Å². The lowest BCUT2D eigenvalue weighted by Crippen LogP contribution is -2.10. The molecule has 0 heterocycles. The molecule has 0 bridgehead atoms. The van der Waals surface area contributed by atoms with E-state index in [1.807, 2.05) is 67.4 Å². The Morgan fingerprint density at radius 1 is 1.15 bits per heavy atom. The molecule has 0 aromatic heterocycles. The van der Waals surface area contributed by atoms with Crippen molar-refractivity contribution in [2.75, 3.05) is 11.9 Å². The van der Waals surface area contributed by atoms with Gasteiger partial charge in [-0.2, -0.15) is 0 Å². The molecule has 0 unspecified atom stereocenters. The second-order valence-electron chi connectivity index (χ2n) is 4.63. The number of hydrogen-bond acceptors (Lipinski definition) is 2. The SMILES string of the molecule is Cc1ccc(N(C)c2ccccc2)c(/C=C/C(=O)O)c1. The van der Waals surface area contributed by atoms with Crippen LogP contribution in [-0.4, -0.2) is 18.1 Å². The van der Waals surface area contributed by atoms with Crippen LogP contribution in [0.15, 0.2) is 54.6 Å². The van der Waals surface area contributed by atoms with Crippen LogP contribution in [0.3, 0.4) is 0 Å². The first kappa shape index (κ1) is 13.9. The Balaban J connectivity index is 2.43. The highest BCUT2D eigenvalue weighted by molar-refractivity contribution is 5.87. The molecule has 0 fully saturated rings. The second kappa shape index (κ2) is 6.06. The lowest BCUT2D eigenvalue weighted by atomic mass is 10.1. The molecule has 3 heteroatoms. The van der Waals surface area contributed by atoms with Crippen molar-refractivity contribution in [3.8, 4) is 0 Å². The third-order valence-electron chi connectivity index (χ3n) is 3.09. The van der Waals surface area contributed by atoms with Gasteiger partial charge in [-0.25, -0.2) is 4.79 Å². The van der Waals surface area contributed by atoms with Gasteiger partial charge in [0.1, 0.15) is 0 Å². The van der Waals surface area contributed by atoms with E-state index in [2.05, 4.69) is 0 Å². The number of para-hydroxylation sites is 1. The molecule has 1 N–H and O–H groups in total. The lowest BCUT2D eigenvalue weighted by Gasteiger charge is -2.22. The summed E-state index contributed by atoms with van der Waals surface area (Å²) in [5.74, 6) is -0.945. The number of carboxylic acids is 1. The predicted molar refractivity (Wildman–Crippen MR) is 82.4 cm³/mol. The molecule has 20 heavy (non-hydrogen) atoms. The zero-order chi connectivity index (χ0) is 14.5. The van der Waals surface area contributed by atoms with Gasteiger partial charge in [0, 0.05) is 24.5 Å². The maximum Gasteiger partial charge on any atom is 0.328 e. The van der Waals surface area contributed by atoms with Crippen molar-refractivity contribution in [2.24, 2.45) is 0 Å². The number of carbonyl (C=O) groups is 1. The third-order valence-corrected chi connectivity index (χ3v) is 3.09. The van der Waals surface area contributed by atoms with Crippen molar-refractivity contribution in [2.45, 2.75) is 6.92 Å². The van der Waals surface area contributed by atoms with Gasteiger partial charge in [-0.05, 0) is 42.8 Å². The Hall–Kier alpha value is -2.55. The third kappa shape index (κ3) is 3.26. The number of hydrogen-bond donors (Lipinski definition) is 1. The van der Waals surface area contributed by atoms with Crippen molar-refractivity contribution >= 4 is 23.4 Å². The molecule has 0 spiro atoms. The fraction of sp³-hybridized carbons (Fsp3) is 0.118. The number of rotatable bonds is 4. The van der Waals surface area contributed by atoms with Crippen LogP contribution < -0.4 is 4.90 Å². The van der Waals surface area contributed by atoms with Gasteiger partial charge in [0.2, 0.25) is 0 Å². The van der Waals surface area contributed by atoms with Gasteiger partial charge < -0.3 is 10.0 Å². The molecule has 0 radical (unpaired) electrons. The van der Waals surface area contributed by atoms with Crippen LogP contribution in [0.1, 0.15) is 11.1 Å². The lowest BCUT2D eigenvalue weighted by molar-refractivity contribution is -0.131. The summed E-state index contributed by atoms with van der Waals surface area (Å²) in [6.07, 6.45) is 2.79. The highest BCUT2D eigenvalue weighted by Gasteiger charge is 2.08. The number of aryl methyl sites for hydroxylation is 1. The number of benzene rings is 2. The average molecular weight is 267 g/mol. The van der Waals surface area contributed by atoms with E-state index in [-0.39, 0.29) is 0 Å². The van der Waals surface area contributed by atoms with Gasteiger partial charge >= 0.3 is 5.97 Å². The minimum atomic E-state index is -0.945. The van der Waals surface area contributed by atoms with Gasteiger partial charge in [0.15, 0.2) is 0 Å². The van der Waals surface area contributed by atoms with Crippen molar-refractivity contribution in [1.29, 1.82) is 0 Å². The zero-order valence-electron chi connectivity index (χ0n) is 11.6. The van der Waals surface area contributed by atoms with Gasteiger partial charge in [-0.3, -0.25) is 0 Å². The van der Waals surface area contributed by atoms with Crippen molar-refractivity contribution in [3.05, 3.63) is 65.7 Å². The van der Waals surface area contributed by atoms with Gasteiger partial charge in [0.25, 0.3) is 0 Å². The van der Waals surface area contributed by atoms with Crippen LogP contribution in [0.5, 0.6) is 0 Å². The normalized spacial score (nSPS) is 10.7. The fourth-order valence-corrected chi connectivity index (χ4v) is 2.06. The fourth-order valence-electron chi connectivity index (χ4n) is 2.06. The summed E-state index contributed by atoms with van der Waals surface area (Å²) in [6, 6.07) is 16.0. The average Bonchev–Trinajstić information content (AvgIpc) is 2.45. The molecule has 0 atom stereocenters. The molecular formula is C17H17NO2. The molecule has 0 saturated heterocycles. The van der Waals surface area contributed by atoms with E-state index >= 15 is 0 Å². The largest absolute Gasteiger partial charge is 0.478 e. The van der Waals surface area contributed by atoms with Crippen molar-refractivity contribution < 1.29 is 9.90 Å². The number of anilines is 2. The smallest absolute Gasteiger partial charge is 0.328 e. The predicted octanol–water partition coefficient (Wildman–Crippen LogP) is 3.86. The summed E-state index contributed by atoms with van der Waals surface area (Å²) in [5, 5.41) is 8.79. The minimum Gasteiger partial charge on any atom is -0.478 e. The summed E-state index contributed by atoms with van der Waals surface area (Å²) in [6.45, 7) is 1.99. The highest BCUT2D eigenvalue weighted by Crippen LogP contribution is 2.28. The van der Waals surface area contributed by atoms with E-state index in [0.717, 1.165) is 28.6 Å². The molecule has 0 aliphatic carbocycles. The monoisotopic (exact) mass is 267 g/mol. The number of aliphatic carboxylic acids is 1. The van der Waals surface area contributed by atoms with Crippen molar-refractivity contribution in [1.82, 2.24) is 0 Å². The molecule has 2 rings (SSSR count). The highest BCUT2D eigenvalue weighted by atomic mass is 16.4. The Labute approximate surface area is 118 Å².